The molecule has 0 radical (unpaired) electrons. The fourth-order valence-electron chi connectivity index (χ4n) is 3.46. The number of aryl methyl sites for hydroxylation is 1. The largest absolute Gasteiger partial charge is 0.383 e. The third kappa shape index (κ3) is 3.76. The van der Waals surface area contributed by atoms with E-state index in [1.807, 2.05) is 25.1 Å². The van der Waals surface area contributed by atoms with Crippen molar-refractivity contribution in [3.8, 4) is 0 Å². The number of hydrogen-bond acceptors (Lipinski definition) is 8. The number of benzene rings is 1. The average molecular weight is 384 g/mol. The number of fused-ring (bicyclic) bond motifs is 1. The van der Waals surface area contributed by atoms with Gasteiger partial charge in [0.25, 0.3) is 5.56 Å². The lowest BCUT2D eigenvalue weighted by Gasteiger charge is -2.35. The van der Waals surface area contributed by atoms with E-state index in [1.165, 1.54) is 0 Å². The second-order valence-electron chi connectivity index (χ2n) is 7.00. The number of rotatable bonds is 6. The smallest absolute Gasteiger partial charge is 0.261 e. The molecule has 1 saturated heterocycles. The first kappa shape index (κ1) is 18.6. The standard InChI is InChI=1S/C19H24N6O3/c1-14-18(22-28-21-14)12-23-5-7-24(8-6-23)15-3-4-16-17(11-15)20-13-25(19(16)26)9-10-27-2/h3-4,11,13H,5-10,12H2,1-2H3. The molecule has 2 aromatic heterocycles. The van der Waals surface area contributed by atoms with Crippen molar-refractivity contribution < 1.29 is 9.37 Å². The van der Waals surface area contributed by atoms with E-state index in [4.69, 9.17) is 9.37 Å². The molecular formula is C19H24N6O3. The van der Waals surface area contributed by atoms with Crippen molar-refractivity contribution in [1.82, 2.24) is 24.8 Å². The molecule has 1 aromatic carbocycles. The zero-order valence-electron chi connectivity index (χ0n) is 16.2. The Morgan fingerprint density at radius 3 is 2.71 bits per heavy atom. The van der Waals surface area contributed by atoms with Crippen LogP contribution in [0.3, 0.4) is 0 Å². The van der Waals surface area contributed by atoms with E-state index >= 15 is 0 Å². The second-order valence-corrected chi connectivity index (χ2v) is 7.00. The van der Waals surface area contributed by atoms with Crippen molar-refractivity contribution in [2.45, 2.75) is 20.0 Å². The minimum absolute atomic E-state index is 0.0324. The molecule has 0 spiro atoms. The molecule has 28 heavy (non-hydrogen) atoms. The molecule has 0 aliphatic carbocycles. The van der Waals surface area contributed by atoms with Crippen LogP contribution in [0.5, 0.6) is 0 Å². The Hall–Kier alpha value is -2.78. The first-order chi connectivity index (χ1) is 13.7. The van der Waals surface area contributed by atoms with Gasteiger partial charge in [0, 0.05) is 45.5 Å². The van der Waals surface area contributed by atoms with Gasteiger partial charge < -0.3 is 9.64 Å². The highest BCUT2D eigenvalue weighted by molar-refractivity contribution is 5.81. The molecule has 0 N–H and O–H groups in total. The topological polar surface area (TPSA) is 89.5 Å². The normalized spacial score (nSPS) is 15.4. The van der Waals surface area contributed by atoms with Crippen molar-refractivity contribution in [2.75, 3.05) is 44.8 Å². The Bertz CT molecular complexity index is 1010. The molecule has 0 amide bonds. The lowest BCUT2D eigenvalue weighted by atomic mass is 10.2. The molecule has 0 bridgehead atoms. The minimum atomic E-state index is -0.0324. The molecule has 9 nitrogen and oxygen atoms in total. The van der Waals surface area contributed by atoms with Crippen LogP contribution in [-0.2, 0) is 17.8 Å². The van der Waals surface area contributed by atoms with Gasteiger partial charge in [-0.3, -0.25) is 14.3 Å². The van der Waals surface area contributed by atoms with E-state index < -0.39 is 0 Å². The van der Waals surface area contributed by atoms with E-state index in [-0.39, 0.29) is 5.56 Å². The highest BCUT2D eigenvalue weighted by Crippen LogP contribution is 2.21. The summed E-state index contributed by atoms with van der Waals surface area (Å²) < 4.78 is 11.4. The molecular weight excluding hydrogens is 360 g/mol. The first-order valence-corrected chi connectivity index (χ1v) is 9.39. The van der Waals surface area contributed by atoms with E-state index in [9.17, 15) is 4.79 Å². The van der Waals surface area contributed by atoms with Crippen LogP contribution >= 0.6 is 0 Å². The summed E-state index contributed by atoms with van der Waals surface area (Å²) in [7, 11) is 1.62. The maximum Gasteiger partial charge on any atom is 0.261 e. The average Bonchev–Trinajstić information content (AvgIpc) is 3.12. The number of nitrogens with zero attached hydrogens (tertiary/aromatic N) is 6. The maximum absolute atomic E-state index is 12.6. The summed E-state index contributed by atoms with van der Waals surface area (Å²) in [6.07, 6.45) is 1.60. The Morgan fingerprint density at radius 2 is 2.00 bits per heavy atom. The van der Waals surface area contributed by atoms with Crippen LogP contribution in [0.25, 0.3) is 10.9 Å². The summed E-state index contributed by atoms with van der Waals surface area (Å²) in [5.41, 5.74) is 3.53. The van der Waals surface area contributed by atoms with E-state index in [2.05, 4.69) is 25.1 Å². The van der Waals surface area contributed by atoms with Gasteiger partial charge in [-0.05, 0) is 25.1 Å². The van der Waals surface area contributed by atoms with Crippen molar-refractivity contribution in [2.24, 2.45) is 0 Å². The summed E-state index contributed by atoms with van der Waals surface area (Å²) in [4.78, 5) is 21.7. The summed E-state index contributed by atoms with van der Waals surface area (Å²) in [6.45, 7) is 7.31. The third-order valence-electron chi connectivity index (χ3n) is 5.20. The van der Waals surface area contributed by atoms with Gasteiger partial charge >= 0.3 is 0 Å². The number of methoxy groups -OCH3 is 1. The predicted molar refractivity (Wildman–Crippen MR) is 104 cm³/mol. The number of ether oxygens (including phenoxy) is 1. The van der Waals surface area contributed by atoms with Crippen molar-refractivity contribution in [3.63, 3.8) is 0 Å². The second kappa shape index (κ2) is 8.07. The van der Waals surface area contributed by atoms with Crippen LogP contribution in [0.1, 0.15) is 11.4 Å². The molecule has 1 fully saturated rings. The summed E-state index contributed by atoms with van der Waals surface area (Å²) >= 11 is 0. The summed E-state index contributed by atoms with van der Waals surface area (Å²) in [5, 5.41) is 8.44. The van der Waals surface area contributed by atoms with Gasteiger partial charge in [0.2, 0.25) is 0 Å². The number of piperazine rings is 1. The highest BCUT2D eigenvalue weighted by atomic mass is 16.6. The van der Waals surface area contributed by atoms with E-state index in [0.717, 1.165) is 55.3 Å². The Kier molecular flexibility index (Phi) is 5.36. The van der Waals surface area contributed by atoms with Gasteiger partial charge in [-0.1, -0.05) is 10.3 Å². The monoisotopic (exact) mass is 384 g/mol. The summed E-state index contributed by atoms with van der Waals surface area (Å²) in [6, 6.07) is 5.88. The number of hydrogen-bond donors (Lipinski definition) is 0. The van der Waals surface area contributed by atoms with Crippen LogP contribution in [0, 0.1) is 6.92 Å². The molecule has 1 aliphatic heterocycles. The fourth-order valence-corrected chi connectivity index (χ4v) is 3.46. The van der Waals surface area contributed by atoms with Gasteiger partial charge in [0.15, 0.2) is 0 Å². The third-order valence-corrected chi connectivity index (χ3v) is 5.20. The van der Waals surface area contributed by atoms with Crippen LogP contribution in [0.15, 0.2) is 33.9 Å². The molecule has 3 aromatic rings. The quantitative estimate of drug-likeness (QED) is 0.623. The van der Waals surface area contributed by atoms with E-state index in [0.29, 0.717) is 18.5 Å². The molecule has 4 rings (SSSR count). The van der Waals surface area contributed by atoms with Crippen LogP contribution in [0.2, 0.25) is 0 Å². The van der Waals surface area contributed by atoms with Crippen LogP contribution in [0.4, 0.5) is 5.69 Å². The van der Waals surface area contributed by atoms with Crippen molar-refractivity contribution in [1.29, 1.82) is 0 Å². The SMILES string of the molecule is COCCn1cnc2cc(N3CCN(Cc4nonc4C)CC3)ccc2c1=O. The Morgan fingerprint density at radius 1 is 1.18 bits per heavy atom. The zero-order valence-corrected chi connectivity index (χ0v) is 16.2. The molecule has 1 aliphatic rings. The number of anilines is 1. The Labute approximate surface area is 162 Å². The fraction of sp³-hybridized carbons (Fsp3) is 0.474. The first-order valence-electron chi connectivity index (χ1n) is 9.39. The zero-order chi connectivity index (χ0) is 19.5. The van der Waals surface area contributed by atoms with Crippen LogP contribution in [-0.4, -0.2) is 64.7 Å². The summed E-state index contributed by atoms with van der Waals surface area (Å²) in [5.74, 6) is 0. The van der Waals surface area contributed by atoms with Gasteiger partial charge in [-0.2, -0.15) is 0 Å². The van der Waals surface area contributed by atoms with Gasteiger partial charge in [0.1, 0.15) is 11.4 Å². The molecule has 3 heterocycles. The molecule has 0 atom stereocenters. The van der Waals surface area contributed by atoms with Crippen molar-refractivity contribution in [3.05, 3.63) is 46.3 Å². The molecule has 9 heteroatoms. The lowest BCUT2D eigenvalue weighted by molar-refractivity contribution is 0.186. The van der Waals surface area contributed by atoms with E-state index in [1.54, 1.807) is 18.0 Å². The number of aromatic nitrogens is 4. The highest BCUT2D eigenvalue weighted by Gasteiger charge is 2.20. The lowest BCUT2D eigenvalue weighted by Crippen LogP contribution is -2.46. The van der Waals surface area contributed by atoms with Gasteiger partial charge in [0.05, 0.1) is 30.4 Å². The Balaban J connectivity index is 1.45. The predicted octanol–water partition coefficient (Wildman–Crippen LogP) is 1.06. The van der Waals surface area contributed by atoms with Crippen LogP contribution < -0.4 is 10.5 Å². The van der Waals surface area contributed by atoms with Gasteiger partial charge in [-0.15, -0.1) is 0 Å². The molecule has 148 valence electrons. The van der Waals surface area contributed by atoms with Crippen molar-refractivity contribution >= 4 is 16.6 Å². The molecule has 0 saturated carbocycles. The maximum atomic E-state index is 12.6. The molecule has 0 unspecified atom stereocenters. The van der Waals surface area contributed by atoms with Gasteiger partial charge in [-0.25, -0.2) is 9.61 Å². The minimum Gasteiger partial charge on any atom is -0.383 e.